The molecule has 228 valence electrons. The molecule has 5 aromatic carbocycles. The Bertz CT molecular complexity index is 1920. The number of carbonyl (C=O) groups excluding carboxylic acids is 2. The zero-order chi connectivity index (χ0) is 32.1. The second-order valence-corrected chi connectivity index (χ2v) is 15.7. The van der Waals surface area contributed by atoms with Crippen molar-refractivity contribution < 1.29 is 14.0 Å². The summed E-state index contributed by atoms with van der Waals surface area (Å²) in [6.07, 6.45) is 0. The lowest BCUT2D eigenvalue weighted by molar-refractivity contribution is 0.0641. The summed E-state index contributed by atoms with van der Waals surface area (Å²) in [5.74, 6) is -0.566. The van der Waals surface area contributed by atoms with Crippen molar-refractivity contribution >= 4 is 44.7 Å². The van der Waals surface area contributed by atoms with Crippen LogP contribution in [0.25, 0.3) is 0 Å². The van der Waals surface area contributed by atoms with Gasteiger partial charge in [-0.05, 0) is 57.6 Å². The maximum Gasteiger partial charge on any atom is 0.261 e. The van der Waals surface area contributed by atoms with Gasteiger partial charge in [-0.1, -0.05) is 124 Å². The van der Waals surface area contributed by atoms with Gasteiger partial charge in [0.2, 0.25) is 9.76 Å². The van der Waals surface area contributed by atoms with Crippen LogP contribution in [0.15, 0.2) is 131 Å². The molecule has 0 bridgehead atoms. The molecule has 46 heavy (non-hydrogen) atoms. The third-order valence-electron chi connectivity index (χ3n) is 8.45. The summed E-state index contributed by atoms with van der Waals surface area (Å²) >= 11 is 1.68. The molecule has 2 amide bonds. The van der Waals surface area contributed by atoms with Crippen LogP contribution in [0.5, 0.6) is 0 Å². The number of benzene rings is 5. The molecule has 0 saturated carbocycles. The highest BCUT2D eigenvalue weighted by molar-refractivity contribution is 7.99. The van der Waals surface area contributed by atoms with E-state index in [4.69, 9.17) is 4.43 Å². The number of hydrogen-bond donors (Lipinski definition) is 0. The third-order valence-corrected chi connectivity index (χ3v) is 10.7. The SMILES string of the molecule is CN1c2ccccc2Sc2c(CN3C(=O)c4ccc(C(O[Si]C(C)(C)C)(c5ccccc5)c5ccccc5)cc4C3=O)cccc21. The number of amides is 2. The van der Waals surface area contributed by atoms with Gasteiger partial charge in [-0.15, -0.1) is 0 Å². The number of rotatable bonds is 7. The van der Waals surface area contributed by atoms with Crippen molar-refractivity contribution in [2.75, 3.05) is 11.9 Å². The molecule has 0 fully saturated rings. The molecule has 2 aliphatic rings. The number of hydrogen-bond acceptors (Lipinski definition) is 5. The molecule has 0 unspecified atom stereocenters. The van der Waals surface area contributed by atoms with E-state index in [2.05, 4.69) is 75.2 Å². The van der Waals surface area contributed by atoms with Crippen LogP contribution >= 0.6 is 11.8 Å². The average Bonchev–Trinajstić information content (AvgIpc) is 3.30. The maximum atomic E-state index is 14.2. The van der Waals surface area contributed by atoms with Gasteiger partial charge in [0.1, 0.15) is 5.60 Å². The summed E-state index contributed by atoms with van der Waals surface area (Å²) in [5, 5.41) is -0.0878. The Labute approximate surface area is 277 Å². The minimum atomic E-state index is -0.979. The van der Waals surface area contributed by atoms with Crippen LogP contribution in [0.4, 0.5) is 11.4 Å². The normalized spacial score (nSPS) is 14.3. The van der Waals surface area contributed by atoms with Crippen molar-refractivity contribution in [3.8, 4) is 0 Å². The Morgan fingerprint density at radius 3 is 1.96 bits per heavy atom. The number of para-hydroxylation sites is 1. The van der Waals surface area contributed by atoms with Crippen LogP contribution in [0.2, 0.25) is 5.04 Å². The Balaban J connectivity index is 1.29. The molecular weight excluding hydrogens is 605 g/mol. The average molecular weight is 639 g/mol. The Morgan fingerprint density at radius 2 is 1.28 bits per heavy atom. The van der Waals surface area contributed by atoms with Gasteiger partial charge < -0.3 is 9.33 Å². The fraction of sp³-hybridized carbons (Fsp3) is 0.179. The van der Waals surface area contributed by atoms with Gasteiger partial charge in [0.15, 0.2) is 0 Å². The van der Waals surface area contributed by atoms with E-state index < -0.39 is 5.60 Å². The summed E-state index contributed by atoms with van der Waals surface area (Å²) in [5.41, 5.74) is 5.72. The molecule has 2 aliphatic heterocycles. The molecule has 7 rings (SSSR count). The van der Waals surface area contributed by atoms with Gasteiger partial charge in [0.05, 0.1) is 29.0 Å². The molecule has 0 atom stereocenters. The molecule has 0 aliphatic carbocycles. The van der Waals surface area contributed by atoms with Gasteiger partial charge >= 0.3 is 0 Å². The predicted molar refractivity (Wildman–Crippen MR) is 185 cm³/mol. The van der Waals surface area contributed by atoms with Crippen LogP contribution in [0.3, 0.4) is 0 Å². The van der Waals surface area contributed by atoms with Crippen molar-refractivity contribution in [2.45, 2.75) is 47.7 Å². The summed E-state index contributed by atoms with van der Waals surface area (Å²) in [6, 6.07) is 40.3. The molecule has 0 spiro atoms. The van der Waals surface area contributed by atoms with E-state index in [0.29, 0.717) is 11.1 Å². The van der Waals surface area contributed by atoms with Crippen molar-refractivity contribution in [3.63, 3.8) is 0 Å². The fourth-order valence-electron chi connectivity index (χ4n) is 6.21. The van der Waals surface area contributed by atoms with Crippen molar-refractivity contribution in [1.82, 2.24) is 4.90 Å². The largest absolute Gasteiger partial charge is 0.400 e. The summed E-state index contributed by atoms with van der Waals surface area (Å²) < 4.78 is 7.01. The highest BCUT2D eigenvalue weighted by Gasteiger charge is 2.42. The number of nitrogens with zero attached hydrogens (tertiary/aromatic N) is 2. The maximum absolute atomic E-state index is 14.2. The molecule has 0 aromatic heterocycles. The first kappa shape index (κ1) is 30.2. The Morgan fingerprint density at radius 1 is 0.674 bits per heavy atom. The molecule has 5 aromatic rings. The number of fused-ring (bicyclic) bond motifs is 3. The number of anilines is 2. The van der Waals surface area contributed by atoms with Crippen LogP contribution in [-0.2, 0) is 16.6 Å². The first-order valence-electron chi connectivity index (χ1n) is 15.4. The highest BCUT2D eigenvalue weighted by Crippen LogP contribution is 2.49. The van der Waals surface area contributed by atoms with Gasteiger partial charge in [0, 0.05) is 16.8 Å². The lowest BCUT2D eigenvalue weighted by atomic mass is 9.79. The topological polar surface area (TPSA) is 49.9 Å². The number of imide groups is 1. The van der Waals surface area contributed by atoms with E-state index in [1.54, 1.807) is 17.8 Å². The van der Waals surface area contributed by atoms with Crippen LogP contribution < -0.4 is 4.90 Å². The van der Waals surface area contributed by atoms with Crippen molar-refractivity contribution in [2.24, 2.45) is 0 Å². The molecule has 2 heterocycles. The van der Waals surface area contributed by atoms with Gasteiger partial charge in [0.25, 0.3) is 11.8 Å². The van der Waals surface area contributed by atoms with E-state index in [1.165, 1.54) is 4.90 Å². The van der Waals surface area contributed by atoms with Crippen LogP contribution in [-0.4, -0.2) is 33.5 Å². The van der Waals surface area contributed by atoms with E-state index in [9.17, 15) is 9.59 Å². The number of carbonyl (C=O) groups is 2. The monoisotopic (exact) mass is 638 g/mol. The molecule has 5 nitrogen and oxygen atoms in total. The zero-order valence-corrected chi connectivity index (χ0v) is 28.1. The first-order valence-corrected chi connectivity index (χ1v) is 17.1. The Hall–Kier alpha value is -4.43. The van der Waals surface area contributed by atoms with E-state index in [1.807, 2.05) is 72.8 Å². The van der Waals surface area contributed by atoms with Gasteiger partial charge in [-0.3, -0.25) is 14.5 Å². The Kier molecular flexibility index (Phi) is 7.71. The third kappa shape index (κ3) is 5.18. The lowest BCUT2D eigenvalue weighted by Gasteiger charge is -2.38. The quantitative estimate of drug-likeness (QED) is 0.101. The summed E-state index contributed by atoms with van der Waals surface area (Å²) in [7, 11) is 2.22. The highest BCUT2D eigenvalue weighted by atomic mass is 32.2. The second-order valence-electron chi connectivity index (χ2n) is 12.7. The molecule has 2 radical (unpaired) electrons. The minimum Gasteiger partial charge on any atom is -0.400 e. The zero-order valence-electron chi connectivity index (χ0n) is 26.3. The van der Waals surface area contributed by atoms with E-state index in [-0.39, 0.29) is 33.2 Å². The molecule has 0 saturated heterocycles. The standard InChI is InChI=1S/C39H34N2O3SSi/c1-38(2,3)46-44-39(27-15-7-5-8-16-27,28-17-9-6-10-18-28)29-22-23-30-31(24-29)37(43)41(36(30)42)25-26-14-13-20-33-35(26)45-34-21-12-11-19-32(34)40(33)4/h5-24H,25H2,1-4H3. The van der Waals surface area contributed by atoms with Crippen molar-refractivity contribution in [1.29, 1.82) is 0 Å². The van der Waals surface area contributed by atoms with E-state index >= 15 is 0 Å². The lowest BCUT2D eigenvalue weighted by Crippen LogP contribution is -2.36. The molecule has 7 heteroatoms. The minimum absolute atomic E-state index is 0.0878. The fourth-order valence-corrected chi connectivity index (χ4v) is 8.28. The first-order chi connectivity index (χ1) is 22.2. The van der Waals surface area contributed by atoms with Crippen molar-refractivity contribution in [3.05, 3.63) is 155 Å². The van der Waals surface area contributed by atoms with Gasteiger partial charge in [-0.2, -0.15) is 0 Å². The van der Waals surface area contributed by atoms with Crippen LogP contribution in [0.1, 0.15) is 63.7 Å². The summed E-state index contributed by atoms with van der Waals surface area (Å²) in [6.45, 7) is 6.67. The van der Waals surface area contributed by atoms with E-state index in [0.717, 1.165) is 43.4 Å². The summed E-state index contributed by atoms with van der Waals surface area (Å²) in [4.78, 5) is 33.8. The van der Waals surface area contributed by atoms with Gasteiger partial charge in [-0.25, -0.2) is 0 Å². The molecule has 0 N–H and O–H groups in total. The smallest absolute Gasteiger partial charge is 0.261 e. The molecular formula is C39H34N2O3SSi. The predicted octanol–water partition coefficient (Wildman–Crippen LogP) is 8.86. The van der Waals surface area contributed by atoms with Crippen LogP contribution in [0, 0.1) is 0 Å². The second kappa shape index (κ2) is 11.7.